The molecule has 0 spiro atoms. The zero-order chi connectivity index (χ0) is 13.8. The first kappa shape index (κ1) is 16.7. The zero-order valence-electron chi connectivity index (χ0n) is 11.4. The van der Waals surface area contributed by atoms with Crippen molar-refractivity contribution in [3.63, 3.8) is 0 Å². The fraction of sp³-hybridized carbons (Fsp3) is 0.500. The fourth-order valence-corrected chi connectivity index (χ4v) is 2.24. The third kappa shape index (κ3) is 4.35. The number of amides is 1. The van der Waals surface area contributed by atoms with Crippen molar-refractivity contribution in [3.05, 3.63) is 29.6 Å². The van der Waals surface area contributed by atoms with Crippen LogP contribution in [0.25, 0.3) is 0 Å². The van der Waals surface area contributed by atoms with Crippen LogP contribution in [0.1, 0.15) is 37.8 Å². The number of nitrogens with two attached hydrogens (primary N) is 1. The molecule has 1 aliphatic heterocycles. The van der Waals surface area contributed by atoms with Gasteiger partial charge in [-0.15, -0.1) is 12.4 Å². The number of rotatable bonds is 3. The second kappa shape index (κ2) is 7.45. The summed E-state index contributed by atoms with van der Waals surface area (Å²) >= 11 is 0. The average Bonchev–Trinajstić information content (AvgIpc) is 2.51. The number of hydrogen-bond donors (Lipinski definition) is 2. The SMILES string of the molecule is CC(N)CC(=O)NC1CCCOc2ccc(F)cc21.Cl. The maximum absolute atomic E-state index is 13.4. The first-order valence-corrected chi connectivity index (χ1v) is 6.53. The maximum atomic E-state index is 13.4. The molecule has 2 atom stereocenters. The number of nitrogens with one attached hydrogen (secondary N) is 1. The van der Waals surface area contributed by atoms with Gasteiger partial charge in [-0.1, -0.05) is 0 Å². The first-order chi connectivity index (χ1) is 9.06. The molecule has 3 N–H and O–H groups in total. The molecule has 1 aromatic carbocycles. The van der Waals surface area contributed by atoms with Gasteiger partial charge in [0, 0.05) is 18.0 Å². The second-order valence-corrected chi connectivity index (χ2v) is 4.97. The topological polar surface area (TPSA) is 64.4 Å². The molecule has 0 fully saturated rings. The molecule has 4 nitrogen and oxygen atoms in total. The molecule has 1 heterocycles. The summed E-state index contributed by atoms with van der Waals surface area (Å²) in [6.45, 7) is 2.36. The minimum absolute atomic E-state index is 0. The lowest BCUT2D eigenvalue weighted by atomic mass is 10.0. The summed E-state index contributed by atoms with van der Waals surface area (Å²) in [7, 11) is 0. The highest BCUT2D eigenvalue weighted by Crippen LogP contribution is 2.32. The molecule has 1 amide bonds. The molecule has 0 aliphatic carbocycles. The Morgan fingerprint density at radius 1 is 1.60 bits per heavy atom. The van der Waals surface area contributed by atoms with Crippen molar-refractivity contribution in [2.75, 3.05) is 6.61 Å². The van der Waals surface area contributed by atoms with Crippen molar-refractivity contribution >= 4 is 18.3 Å². The number of fused-ring (bicyclic) bond motifs is 1. The standard InChI is InChI=1S/C14H19FN2O2.ClH/c1-9(16)7-14(18)17-12-3-2-6-19-13-5-4-10(15)8-11(12)13;/h4-5,8-9,12H,2-3,6-7,16H2,1H3,(H,17,18);1H. The van der Waals surface area contributed by atoms with Crippen LogP contribution in [-0.2, 0) is 4.79 Å². The number of benzene rings is 1. The maximum Gasteiger partial charge on any atom is 0.222 e. The van der Waals surface area contributed by atoms with Crippen molar-refractivity contribution < 1.29 is 13.9 Å². The Hall–Kier alpha value is -1.33. The fourth-order valence-electron chi connectivity index (χ4n) is 2.24. The van der Waals surface area contributed by atoms with E-state index in [0.717, 1.165) is 12.8 Å². The van der Waals surface area contributed by atoms with Gasteiger partial charge in [0.25, 0.3) is 0 Å². The molecule has 112 valence electrons. The van der Waals surface area contributed by atoms with Crippen molar-refractivity contribution in [2.45, 2.75) is 38.3 Å². The molecule has 6 heteroatoms. The van der Waals surface area contributed by atoms with E-state index in [1.807, 2.05) is 0 Å². The van der Waals surface area contributed by atoms with Crippen molar-refractivity contribution in [1.82, 2.24) is 5.32 Å². The van der Waals surface area contributed by atoms with Crippen LogP contribution in [0.15, 0.2) is 18.2 Å². The van der Waals surface area contributed by atoms with Crippen molar-refractivity contribution in [2.24, 2.45) is 5.73 Å². The predicted octanol–water partition coefficient (Wildman–Crippen LogP) is 2.31. The predicted molar refractivity (Wildman–Crippen MR) is 77.5 cm³/mol. The van der Waals surface area contributed by atoms with E-state index in [9.17, 15) is 9.18 Å². The second-order valence-electron chi connectivity index (χ2n) is 4.97. The van der Waals surface area contributed by atoms with Gasteiger partial charge in [-0.05, 0) is 38.0 Å². The number of hydrogen-bond acceptors (Lipinski definition) is 3. The minimum Gasteiger partial charge on any atom is -0.493 e. The number of ether oxygens (including phenoxy) is 1. The van der Waals surface area contributed by atoms with E-state index in [-0.39, 0.29) is 42.6 Å². The van der Waals surface area contributed by atoms with Gasteiger partial charge in [-0.3, -0.25) is 4.79 Å². The summed E-state index contributed by atoms with van der Waals surface area (Å²) in [6.07, 6.45) is 1.82. The lowest BCUT2D eigenvalue weighted by Crippen LogP contribution is -2.32. The van der Waals surface area contributed by atoms with E-state index >= 15 is 0 Å². The Kier molecular flexibility index (Phi) is 6.23. The average molecular weight is 303 g/mol. The lowest BCUT2D eigenvalue weighted by molar-refractivity contribution is -0.122. The van der Waals surface area contributed by atoms with E-state index in [1.165, 1.54) is 12.1 Å². The van der Waals surface area contributed by atoms with E-state index < -0.39 is 0 Å². The minimum atomic E-state index is -0.323. The highest BCUT2D eigenvalue weighted by atomic mass is 35.5. The Morgan fingerprint density at radius 3 is 3.05 bits per heavy atom. The third-order valence-corrected chi connectivity index (χ3v) is 3.08. The Morgan fingerprint density at radius 2 is 2.35 bits per heavy atom. The normalized spacial score (nSPS) is 18.9. The molecule has 0 radical (unpaired) electrons. The summed E-state index contributed by atoms with van der Waals surface area (Å²) in [6, 6.07) is 4.01. The number of carbonyl (C=O) groups excluding carboxylic acids is 1. The van der Waals surface area contributed by atoms with Gasteiger partial charge < -0.3 is 15.8 Å². The van der Waals surface area contributed by atoms with Gasteiger partial charge in [0.15, 0.2) is 0 Å². The van der Waals surface area contributed by atoms with Gasteiger partial charge in [0.2, 0.25) is 5.91 Å². The van der Waals surface area contributed by atoms with Gasteiger partial charge in [0.1, 0.15) is 11.6 Å². The first-order valence-electron chi connectivity index (χ1n) is 6.53. The molecular weight excluding hydrogens is 283 g/mol. The van der Waals surface area contributed by atoms with Crippen LogP contribution in [-0.4, -0.2) is 18.6 Å². The van der Waals surface area contributed by atoms with Crippen LogP contribution in [0, 0.1) is 5.82 Å². The molecular formula is C14H20ClFN2O2. The van der Waals surface area contributed by atoms with Crippen LogP contribution in [0.3, 0.4) is 0 Å². The molecule has 2 rings (SSSR count). The van der Waals surface area contributed by atoms with E-state index in [4.69, 9.17) is 10.5 Å². The van der Waals surface area contributed by atoms with Crippen molar-refractivity contribution in [3.8, 4) is 5.75 Å². The molecule has 0 aromatic heterocycles. The zero-order valence-corrected chi connectivity index (χ0v) is 12.2. The molecule has 0 saturated carbocycles. The smallest absolute Gasteiger partial charge is 0.222 e. The number of halogens is 2. The third-order valence-electron chi connectivity index (χ3n) is 3.08. The van der Waals surface area contributed by atoms with Gasteiger partial charge in [-0.25, -0.2) is 4.39 Å². The van der Waals surface area contributed by atoms with Crippen molar-refractivity contribution in [1.29, 1.82) is 0 Å². The molecule has 0 saturated heterocycles. The van der Waals surface area contributed by atoms with Gasteiger partial charge in [-0.2, -0.15) is 0 Å². The van der Waals surface area contributed by atoms with E-state index in [0.29, 0.717) is 17.9 Å². The summed E-state index contributed by atoms with van der Waals surface area (Å²) in [5, 5.41) is 2.91. The van der Waals surface area contributed by atoms with Crippen LogP contribution < -0.4 is 15.8 Å². The molecule has 1 aromatic rings. The van der Waals surface area contributed by atoms with Crippen LogP contribution >= 0.6 is 12.4 Å². The van der Waals surface area contributed by atoms with Gasteiger partial charge in [0.05, 0.1) is 12.6 Å². The monoisotopic (exact) mass is 302 g/mol. The lowest BCUT2D eigenvalue weighted by Gasteiger charge is -2.19. The Balaban J connectivity index is 0.00000200. The summed E-state index contributed by atoms with van der Waals surface area (Å²) < 4.78 is 18.9. The molecule has 2 unspecified atom stereocenters. The van der Waals surface area contributed by atoms with E-state index in [1.54, 1.807) is 13.0 Å². The summed E-state index contributed by atoms with van der Waals surface area (Å²) in [4.78, 5) is 11.8. The Bertz CT molecular complexity index is 468. The molecule has 20 heavy (non-hydrogen) atoms. The number of carbonyl (C=O) groups is 1. The summed E-state index contributed by atoms with van der Waals surface area (Å²) in [5.74, 6) is 0.206. The highest BCUT2D eigenvalue weighted by molar-refractivity contribution is 5.85. The Labute approximate surface area is 124 Å². The van der Waals surface area contributed by atoms with Crippen LogP contribution in [0.2, 0.25) is 0 Å². The summed E-state index contributed by atoms with van der Waals surface area (Å²) in [5.41, 5.74) is 6.31. The highest BCUT2D eigenvalue weighted by Gasteiger charge is 2.22. The van der Waals surface area contributed by atoms with E-state index in [2.05, 4.69) is 5.32 Å². The van der Waals surface area contributed by atoms with Crippen LogP contribution in [0.5, 0.6) is 5.75 Å². The largest absolute Gasteiger partial charge is 0.493 e. The van der Waals surface area contributed by atoms with Crippen LogP contribution in [0.4, 0.5) is 4.39 Å². The molecule has 1 aliphatic rings. The molecule has 0 bridgehead atoms. The quantitative estimate of drug-likeness (QED) is 0.900. The van der Waals surface area contributed by atoms with Gasteiger partial charge >= 0.3 is 0 Å².